The molecule has 1 aliphatic rings. The highest BCUT2D eigenvalue weighted by Gasteiger charge is 2.37. The average Bonchev–Trinajstić information content (AvgIpc) is 3.18. The van der Waals surface area contributed by atoms with Crippen LogP contribution in [0.1, 0.15) is 49.4 Å². The largest absolute Gasteiger partial charge is 0.338 e. The number of rotatable bonds is 7. The number of pyridine rings is 1. The van der Waals surface area contributed by atoms with Gasteiger partial charge in [0, 0.05) is 26.0 Å². The highest BCUT2D eigenvalue weighted by molar-refractivity contribution is 5.80. The first-order valence-corrected chi connectivity index (χ1v) is 9.52. The summed E-state index contributed by atoms with van der Waals surface area (Å²) in [5.41, 5.74) is 8.02. The van der Waals surface area contributed by atoms with Gasteiger partial charge in [-0.2, -0.15) is 0 Å². The number of hydrogen-bond donors (Lipinski definition) is 2. The van der Waals surface area contributed by atoms with E-state index in [1.807, 2.05) is 36.3 Å². The van der Waals surface area contributed by atoms with Gasteiger partial charge in [-0.3, -0.25) is 15.2 Å². The minimum Gasteiger partial charge on any atom is -0.338 e. The second-order valence-electron chi connectivity index (χ2n) is 7.06. The smallest absolute Gasteiger partial charge is 0.229 e. The van der Waals surface area contributed by atoms with E-state index in [1.165, 1.54) is 12.1 Å². The molecule has 1 amide bonds. The van der Waals surface area contributed by atoms with Crippen LogP contribution < -0.4 is 10.9 Å². The maximum atomic E-state index is 13.6. The van der Waals surface area contributed by atoms with Crippen LogP contribution in [-0.2, 0) is 4.79 Å². The minimum atomic E-state index is -0.295. The molecule has 27 heavy (non-hydrogen) atoms. The van der Waals surface area contributed by atoms with E-state index in [0.29, 0.717) is 6.54 Å². The molecule has 1 aromatic carbocycles. The predicted molar refractivity (Wildman–Crippen MR) is 103 cm³/mol. The lowest BCUT2D eigenvalue weighted by molar-refractivity contribution is -0.136. The number of carbonyl (C=O) groups is 1. The minimum absolute atomic E-state index is 0.0140. The summed E-state index contributed by atoms with van der Waals surface area (Å²) < 4.78 is 13.6. The number of nitrogens with zero attached hydrogens (tertiary/aromatic N) is 2. The third kappa shape index (κ3) is 4.51. The Morgan fingerprint density at radius 1 is 1.37 bits per heavy atom. The van der Waals surface area contributed by atoms with Crippen LogP contribution in [-0.4, -0.2) is 29.4 Å². The summed E-state index contributed by atoms with van der Waals surface area (Å²) in [6.07, 6.45) is 6.57. The molecule has 2 aromatic rings. The zero-order valence-electron chi connectivity index (χ0n) is 15.9. The van der Waals surface area contributed by atoms with E-state index in [-0.39, 0.29) is 29.7 Å². The van der Waals surface area contributed by atoms with Crippen molar-refractivity contribution in [2.45, 2.75) is 38.3 Å². The Morgan fingerprint density at radius 2 is 2.22 bits per heavy atom. The third-order valence-electron chi connectivity index (χ3n) is 5.22. The molecule has 3 rings (SSSR count). The molecule has 3 unspecified atom stereocenters. The van der Waals surface area contributed by atoms with Gasteiger partial charge in [-0.25, -0.2) is 9.82 Å². The Kier molecular flexibility index (Phi) is 6.53. The fourth-order valence-corrected chi connectivity index (χ4v) is 3.71. The molecule has 0 bridgehead atoms. The van der Waals surface area contributed by atoms with Crippen LogP contribution in [0.25, 0.3) is 0 Å². The van der Waals surface area contributed by atoms with Crippen LogP contribution in [0.2, 0.25) is 0 Å². The van der Waals surface area contributed by atoms with Gasteiger partial charge in [0.05, 0.1) is 18.0 Å². The van der Waals surface area contributed by atoms with Crippen LogP contribution in [0.4, 0.5) is 4.39 Å². The van der Waals surface area contributed by atoms with Gasteiger partial charge in [0.25, 0.3) is 0 Å². The Bertz CT molecular complexity index is 755. The maximum absolute atomic E-state index is 13.6. The molecule has 6 heteroatoms. The number of aromatic nitrogens is 1. The van der Waals surface area contributed by atoms with Gasteiger partial charge >= 0.3 is 0 Å². The molecule has 1 aromatic heterocycles. The van der Waals surface area contributed by atoms with Crippen molar-refractivity contribution in [3.8, 4) is 0 Å². The fourth-order valence-electron chi connectivity index (χ4n) is 3.71. The molecule has 2 N–H and O–H groups in total. The Morgan fingerprint density at radius 3 is 2.93 bits per heavy atom. The molecular formula is C21H27FN4O. The first kappa shape index (κ1) is 19.5. The number of unbranched alkanes of at least 4 members (excludes halogenated alkanes) is 1. The Hall–Kier alpha value is -2.31. The van der Waals surface area contributed by atoms with Crippen molar-refractivity contribution in [1.29, 1.82) is 0 Å². The van der Waals surface area contributed by atoms with E-state index >= 15 is 0 Å². The van der Waals surface area contributed by atoms with Crippen LogP contribution in [0, 0.1) is 11.7 Å². The van der Waals surface area contributed by atoms with Gasteiger partial charge in [-0.1, -0.05) is 38.0 Å². The fraction of sp³-hybridized carbons (Fsp3) is 0.429. The van der Waals surface area contributed by atoms with Gasteiger partial charge in [0.1, 0.15) is 5.82 Å². The van der Waals surface area contributed by atoms with Crippen molar-refractivity contribution in [2.24, 2.45) is 5.92 Å². The first-order chi connectivity index (χ1) is 13.1. The second kappa shape index (κ2) is 9.06. The van der Waals surface area contributed by atoms with E-state index in [4.69, 9.17) is 0 Å². The van der Waals surface area contributed by atoms with Crippen LogP contribution >= 0.6 is 0 Å². The van der Waals surface area contributed by atoms with Gasteiger partial charge in [0.2, 0.25) is 5.91 Å². The van der Waals surface area contributed by atoms with E-state index < -0.39 is 0 Å². The molecule has 0 spiro atoms. The number of hydrazine groups is 1. The monoisotopic (exact) mass is 370 g/mol. The van der Waals surface area contributed by atoms with E-state index in [9.17, 15) is 9.18 Å². The summed E-state index contributed by atoms with van der Waals surface area (Å²) in [4.78, 5) is 19.4. The zero-order chi connectivity index (χ0) is 19.2. The zero-order valence-corrected chi connectivity index (χ0v) is 15.9. The lowest BCUT2D eigenvalue weighted by atomic mass is 9.92. The number of carbonyl (C=O) groups excluding carboxylic acids is 1. The average molecular weight is 370 g/mol. The van der Waals surface area contributed by atoms with Gasteiger partial charge in [0.15, 0.2) is 0 Å². The van der Waals surface area contributed by atoms with Crippen molar-refractivity contribution in [3.63, 3.8) is 0 Å². The van der Waals surface area contributed by atoms with Crippen molar-refractivity contribution in [3.05, 3.63) is 65.7 Å². The molecule has 5 nitrogen and oxygen atoms in total. The molecule has 1 saturated heterocycles. The second-order valence-corrected chi connectivity index (χ2v) is 7.06. The summed E-state index contributed by atoms with van der Waals surface area (Å²) >= 11 is 0. The molecular weight excluding hydrogens is 343 g/mol. The number of amides is 1. The van der Waals surface area contributed by atoms with Crippen LogP contribution in [0.15, 0.2) is 48.8 Å². The van der Waals surface area contributed by atoms with Gasteiger partial charge < -0.3 is 4.90 Å². The summed E-state index contributed by atoms with van der Waals surface area (Å²) in [5.74, 6) is -0.541. The Balaban J connectivity index is 1.81. The molecule has 0 aliphatic carbocycles. The maximum Gasteiger partial charge on any atom is 0.229 e. The highest BCUT2D eigenvalue weighted by atomic mass is 19.1. The van der Waals surface area contributed by atoms with E-state index in [1.54, 1.807) is 12.3 Å². The molecule has 3 atom stereocenters. The van der Waals surface area contributed by atoms with Gasteiger partial charge in [-0.15, -0.1) is 0 Å². The standard InChI is InChI=1S/C21H27FN4O/c1-3-4-10-19(16-8-6-11-23-13-16)26(2)21(27)18-14-24-25-20(18)15-7-5-9-17(22)12-15/h5-9,11-13,18-20,24-25H,3-4,10,14H2,1-2H3. The predicted octanol–water partition coefficient (Wildman–Crippen LogP) is 3.38. The number of benzene rings is 1. The number of halogens is 1. The summed E-state index contributed by atoms with van der Waals surface area (Å²) in [5, 5.41) is 0. The van der Waals surface area contributed by atoms with Crippen LogP contribution in [0.5, 0.6) is 0 Å². The summed E-state index contributed by atoms with van der Waals surface area (Å²) in [7, 11) is 1.86. The van der Waals surface area contributed by atoms with Crippen LogP contribution in [0.3, 0.4) is 0 Å². The molecule has 1 aliphatic heterocycles. The lowest BCUT2D eigenvalue weighted by Crippen LogP contribution is -2.39. The highest BCUT2D eigenvalue weighted by Crippen LogP contribution is 2.31. The van der Waals surface area contributed by atoms with Gasteiger partial charge in [-0.05, 0) is 35.7 Å². The molecule has 144 valence electrons. The number of hydrogen-bond acceptors (Lipinski definition) is 4. The Labute approximate surface area is 160 Å². The van der Waals surface area contributed by atoms with Crippen molar-refractivity contribution in [2.75, 3.05) is 13.6 Å². The molecule has 0 radical (unpaired) electrons. The third-order valence-corrected chi connectivity index (χ3v) is 5.22. The van der Waals surface area contributed by atoms with E-state index in [2.05, 4.69) is 22.8 Å². The van der Waals surface area contributed by atoms with Crippen molar-refractivity contribution >= 4 is 5.91 Å². The molecule has 1 fully saturated rings. The molecule has 2 heterocycles. The van der Waals surface area contributed by atoms with Crippen molar-refractivity contribution in [1.82, 2.24) is 20.7 Å². The quantitative estimate of drug-likeness (QED) is 0.785. The van der Waals surface area contributed by atoms with Crippen molar-refractivity contribution < 1.29 is 9.18 Å². The SMILES string of the molecule is CCCCC(c1cccnc1)N(C)C(=O)C1CNNC1c1cccc(F)c1. The number of nitrogens with one attached hydrogen (secondary N) is 2. The lowest BCUT2D eigenvalue weighted by Gasteiger charge is -2.32. The van der Waals surface area contributed by atoms with E-state index in [0.717, 1.165) is 30.4 Å². The topological polar surface area (TPSA) is 57.3 Å². The molecule has 0 saturated carbocycles. The first-order valence-electron chi connectivity index (χ1n) is 9.52. The summed E-state index contributed by atoms with van der Waals surface area (Å²) in [6, 6.07) is 10.1. The normalized spacial score (nSPS) is 20.4. The summed E-state index contributed by atoms with van der Waals surface area (Å²) in [6.45, 7) is 2.66.